The van der Waals surface area contributed by atoms with Crippen molar-refractivity contribution < 1.29 is 0 Å². The molecule has 106 valence electrons. The van der Waals surface area contributed by atoms with E-state index >= 15 is 0 Å². The van der Waals surface area contributed by atoms with Gasteiger partial charge in [0.2, 0.25) is 0 Å². The molecule has 1 aromatic heterocycles. The Morgan fingerprint density at radius 3 is 2.50 bits per heavy atom. The summed E-state index contributed by atoms with van der Waals surface area (Å²) >= 11 is 0. The van der Waals surface area contributed by atoms with Gasteiger partial charge in [-0.15, -0.1) is 0 Å². The summed E-state index contributed by atoms with van der Waals surface area (Å²) in [6.45, 7) is 4.33. The van der Waals surface area contributed by atoms with Crippen LogP contribution >= 0.6 is 0 Å². The molecule has 0 spiro atoms. The minimum Gasteiger partial charge on any atom is -0.271 e. The van der Waals surface area contributed by atoms with Gasteiger partial charge in [0.25, 0.3) is 0 Å². The van der Waals surface area contributed by atoms with Gasteiger partial charge in [-0.05, 0) is 35.6 Å². The summed E-state index contributed by atoms with van der Waals surface area (Å²) in [5.41, 5.74) is 7.66. The first-order chi connectivity index (χ1) is 9.80. The lowest BCUT2D eigenvalue weighted by atomic mass is 9.97. The zero-order chi connectivity index (χ0) is 14.4. The summed E-state index contributed by atoms with van der Waals surface area (Å²) in [5, 5.41) is 0. The van der Waals surface area contributed by atoms with Crippen LogP contribution in [0.15, 0.2) is 42.6 Å². The molecule has 0 aliphatic rings. The minimum absolute atomic E-state index is 0.0539. The van der Waals surface area contributed by atoms with E-state index in [9.17, 15) is 0 Å². The van der Waals surface area contributed by atoms with Gasteiger partial charge in [-0.25, -0.2) is 5.43 Å². The molecule has 2 rings (SSSR count). The SMILES string of the molecule is CCCc1ccc(C(NN)c2ncccc2CC)cc1. The number of rotatable bonds is 6. The van der Waals surface area contributed by atoms with Crippen molar-refractivity contribution in [3.8, 4) is 0 Å². The topological polar surface area (TPSA) is 50.9 Å². The molecule has 3 heteroatoms. The average Bonchev–Trinajstić information content (AvgIpc) is 2.50. The molecule has 0 saturated heterocycles. The summed E-state index contributed by atoms with van der Waals surface area (Å²) in [5.74, 6) is 5.77. The van der Waals surface area contributed by atoms with Gasteiger partial charge in [0.15, 0.2) is 0 Å². The predicted octanol–water partition coefficient (Wildman–Crippen LogP) is 3.15. The fourth-order valence-electron chi connectivity index (χ4n) is 2.51. The maximum absolute atomic E-state index is 5.77. The van der Waals surface area contributed by atoms with Gasteiger partial charge < -0.3 is 0 Å². The number of nitrogens with zero attached hydrogens (tertiary/aromatic N) is 1. The van der Waals surface area contributed by atoms with Crippen LogP contribution in [-0.4, -0.2) is 4.98 Å². The van der Waals surface area contributed by atoms with Crippen LogP contribution in [0.4, 0.5) is 0 Å². The van der Waals surface area contributed by atoms with Crippen LogP contribution < -0.4 is 11.3 Å². The minimum atomic E-state index is -0.0539. The van der Waals surface area contributed by atoms with Gasteiger partial charge >= 0.3 is 0 Å². The Balaban J connectivity index is 2.31. The molecule has 2 aromatic rings. The highest BCUT2D eigenvalue weighted by molar-refractivity contribution is 5.34. The van der Waals surface area contributed by atoms with Crippen LogP contribution in [0.5, 0.6) is 0 Å². The second-order valence-corrected chi connectivity index (χ2v) is 4.99. The van der Waals surface area contributed by atoms with Gasteiger partial charge in [-0.1, -0.05) is 50.6 Å². The Labute approximate surface area is 121 Å². The molecule has 1 heterocycles. The van der Waals surface area contributed by atoms with E-state index in [4.69, 9.17) is 5.84 Å². The molecule has 0 bridgehead atoms. The third kappa shape index (κ3) is 3.24. The first kappa shape index (κ1) is 14.7. The molecule has 0 fully saturated rings. The molecule has 3 N–H and O–H groups in total. The first-order valence-corrected chi connectivity index (χ1v) is 7.28. The molecule has 1 atom stereocenters. The molecule has 0 amide bonds. The standard InChI is InChI=1S/C17H23N3/c1-3-6-13-8-10-15(11-9-13)17(20-18)16-14(4-2)7-5-12-19-16/h5,7-12,17,20H,3-4,6,18H2,1-2H3. The lowest BCUT2D eigenvalue weighted by Gasteiger charge is -2.19. The number of hydrogen-bond acceptors (Lipinski definition) is 3. The van der Waals surface area contributed by atoms with Crippen LogP contribution in [0.2, 0.25) is 0 Å². The van der Waals surface area contributed by atoms with E-state index in [-0.39, 0.29) is 6.04 Å². The zero-order valence-electron chi connectivity index (χ0n) is 12.3. The fourth-order valence-corrected chi connectivity index (χ4v) is 2.51. The van der Waals surface area contributed by atoms with Crippen LogP contribution in [-0.2, 0) is 12.8 Å². The van der Waals surface area contributed by atoms with Gasteiger partial charge in [-0.2, -0.15) is 0 Å². The number of benzene rings is 1. The number of nitrogens with two attached hydrogens (primary N) is 1. The van der Waals surface area contributed by atoms with Crippen LogP contribution in [0.1, 0.15) is 48.7 Å². The summed E-state index contributed by atoms with van der Waals surface area (Å²) in [6.07, 6.45) is 5.06. The Morgan fingerprint density at radius 2 is 1.90 bits per heavy atom. The second kappa shape index (κ2) is 7.17. The highest BCUT2D eigenvalue weighted by atomic mass is 15.2. The normalized spacial score (nSPS) is 12.3. The van der Waals surface area contributed by atoms with Gasteiger partial charge in [0.1, 0.15) is 0 Å². The molecule has 1 unspecified atom stereocenters. The van der Waals surface area contributed by atoms with Gasteiger partial charge in [0, 0.05) is 6.20 Å². The van der Waals surface area contributed by atoms with E-state index in [1.165, 1.54) is 11.1 Å². The van der Waals surface area contributed by atoms with E-state index < -0.39 is 0 Å². The molecule has 0 radical (unpaired) electrons. The molecular weight excluding hydrogens is 246 g/mol. The third-order valence-electron chi connectivity index (χ3n) is 3.60. The van der Waals surface area contributed by atoms with E-state index in [1.807, 2.05) is 12.3 Å². The van der Waals surface area contributed by atoms with E-state index in [0.29, 0.717) is 0 Å². The summed E-state index contributed by atoms with van der Waals surface area (Å²) < 4.78 is 0. The maximum atomic E-state index is 5.77. The first-order valence-electron chi connectivity index (χ1n) is 7.28. The van der Waals surface area contributed by atoms with E-state index in [1.54, 1.807) is 0 Å². The molecule has 0 saturated carbocycles. The van der Waals surface area contributed by atoms with Crippen molar-refractivity contribution in [3.05, 3.63) is 65.0 Å². The van der Waals surface area contributed by atoms with Crippen LogP contribution in [0.3, 0.4) is 0 Å². The number of aromatic nitrogens is 1. The molecule has 0 aliphatic carbocycles. The number of pyridine rings is 1. The van der Waals surface area contributed by atoms with Crippen molar-refractivity contribution in [1.29, 1.82) is 0 Å². The monoisotopic (exact) mass is 269 g/mol. The molecular formula is C17H23N3. The predicted molar refractivity (Wildman–Crippen MR) is 83.2 cm³/mol. The quantitative estimate of drug-likeness (QED) is 0.625. The third-order valence-corrected chi connectivity index (χ3v) is 3.60. The van der Waals surface area contributed by atoms with E-state index in [0.717, 1.165) is 30.5 Å². The Kier molecular flexibility index (Phi) is 5.27. The van der Waals surface area contributed by atoms with Crippen molar-refractivity contribution in [1.82, 2.24) is 10.4 Å². The second-order valence-electron chi connectivity index (χ2n) is 4.99. The van der Waals surface area contributed by atoms with Crippen molar-refractivity contribution in [2.75, 3.05) is 0 Å². The van der Waals surface area contributed by atoms with Crippen molar-refractivity contribution in [2.24, 2.45) is 5.84 Å². The highest BCUT2D eigenvalue weighted by Gasteiger charge is 2.16. The Hall–Kier alpha value is -1.71. The molecule has 3 nitrogen and oxygen atoms in total. The van der Waals surface area contributed by atoms with Crippen molar-refractivity contribution >= 4 is 0 Å². The van der Waals surface area contributed by atoms with Gasteiger partial charge in [0.05, 0.1) is 11.7 Å². The van der Waals surface area contributed by atoms with Crippen molar-refractivity contribution in [3.63, 3.8) is 0 Å². The Morgan fingerprint density at radius 1 is 1.15 bits per heavy atom. The number of aryl methyl sites for hydroxylation is 2. The van der Waals surface area contributed by atoms with E-state index in [2.05, 4.69) is 54.6 Å². The lowest BCUT2D eigenvalue weighted by Crippen LogP contribution is -2.30. The number of hydrazine groups is 1. The molecule has 0 aliphatic heterocycles. The van der Waals surface area contributed by atoms with Crippen molar-refractivity contribution in [2.45, 2.75) is 39.2 Å². The lowest BCUT2D eigenvalue weighted by molar-refractivity contribution is 0.614. The zero-order valence-corrected chi connectivity index (χ0v) is 12.3. The fraction of sp³-hybridized carbons (Fsp3) is 0.353. The summed E-state index contributed by atoms with van der Waals surface area (Å²) in [4.78, 5) is 4.51. The Bertz CT molecular complexity index is 534. The number of hydrogen-bond donors (Lipinski definition) is 2. The largest absolute Gasteiger partial charge is 0.271 e. The number of nitrogens with one attached hydrogen (secondary N) is 1. The summed E-state index contributed by atoms with van der Waals surface area (Å²) in [7, 11) is 0. The van der Waals surface area contributed by atoms with Crippen LogP contribution in [0.25, 0.3) is 0 Å². The highest BCUT2D eigenvalue weighted by Crippen LogP contribution is 2.23. The van der Waals surface area contributed by atoms with Gasteiger partial charge in [-0.3, -0.25) is 10.8 Å². The maximum Gasteiger partial charge on any atom is 0.0884 e. The summed E-state index contributed by atoms with van der Waals surface area (Å²) in [6, 6.07) is 12.7. The molecule has 1 aromatic carbocycles. The smallest absolute Gasteiger partial charge is 0.0884 e. The molecule has 20 heavy (non-hydrogen) atoms. The van der Waals surface area contributed by atoms with Crippen LogP contribution in [0, 0.1) is 0 Å². The average molecular weight is 269 g/mol.